The molecule has 11 nitrogen and oxygen atoms in total. The van der Waals surface area contributed by atoms with Gasteiger partial charge in [-0.1, -0.05) is 70.0 Å². The van der Waals surface area contributed by atoms with Crippen molar-refractivity contribution in [1.82, 2.24) is 4.90 Å². The van der Waals surface area contributed by atoms with Crippen molar-refractivity contribution in [3.8, 4) is 17.2 Å². The first kappa shape index (κ1) is 42.9. The summed E-state index contributed by atoms with van der Waals surface area (Å²) in [6, 6.07) is 12.2. The number of unbranched alkanes of at least 4 members (excludes halogenated alkanes) is 2. The first-order valence-electron chi connectivity index (χ1n) is 20.4. The van der Waals surface area contributed by atoms with E-state index in [0.29, 0.717) is 61.6 Å². The number of nitrogens with zero attached hydrogens (tertiary/aromatic N) is 2. The summed E-state index contributed by atoms with van der Waals surface area (Å²) < 4.78 is 26.7. The van der Waals surface area contributed by atoms with Crippen molar-refractivity contribution in [1.29, 1.82) is 0 Å². The number of hydrogen-bond donors (Lipinski definition) is 2. The summed E-state index contributed by atoms with van der Waals surface area (Å²) in [7, 11) is 0. The van der Waals surface area contributed by atoms with Crippen LogP contribution in [0, 0.1) is 23.2 Å². The molecule has 1 amide bonds. The Labute approximate surface area is 332 Å². The normalized spacial score (nSPS) is 24.6. The Kier molecular flexibility index (Phi) is 15.2. The second kappa shape index (κ2) is 19.8. The number of allylic oxidation sites excluding steroid dienone is 1. The van der Waals surface area contributed by atoms with Gasteiger partial charge in [0.1, 0.15) is 36.2 Å². The van der Waals surface area contributed by atoms with Crippen molar-refractivity contribution < 1.29 is 43.6 Å². The zero-order chi connectivity index (χ0) is 40.3. The van der Waals surface area contributed by atoms with Gasteiger partial charge in [-0.3, -0.25) is 9.69 Å². The number of carbonyl (C=O) groups excluding carboxylic acids is 2. The maximum absolute atomic E-state index is 14.3. The number of aliphatic hydroxyl groups excluding tert-OH is 2. The van der Waals surface area contributed by atoms with Crippen molar-refractivity contribution in [2.75, 3.05) is 39.6 Å². The summed E-state index contributed by atoms with van der Waals surface area (Å²) in [5, 5.41) is 24.5. The van der Waals surface area contributed by atoms with Gasteiger partial charge in [-0.05, 0) is 92.2 Å². The van der Waals surface area contributed by atoms with Crippen LogP contribution < -0.4 is 9.47 Å². The molecule has 2 aromatic rings. The SMILES string of the molecule is C=CCO[C@@]12Oc3ccc(Oc4cccc(C=O)c4)cc3[C@H]3[C@H](CCCCO)[C@@H](CCCCO)C=C(C(=NOCC)C[C@@H]1N(CCC)C(=O)OCC(C)(C)C)[C@H]32. The summed E-state index contributed by atoms with van der Waals surface area (Å²) in [6.45, 7) is 15.4. The number of aliphatic hydroxyl groups is 2. The number of rotatable bonds is 20. The fourth-order valence-electron chi connectivity index (χ4n) is 8.62. The standard InChI is InChI=1S/C45H62N2O9/c1-7-21-47(43(51)52-30-44(4,5)6)40-28-38(46-54-9-3)36-26-32(16-10-12-22-48)35(18-11-13-23-49)41-37-27-34(55-33-17-14-15-31(25-33)29-50)19-20-39(37)56-45(40,42(36)41)53-24-8-2/h8,14-15,17,19-20,25-27,29,32,35,40-42,48-49H,2,7,9-13,16,18,21-24,28,30H2,1,3-6H3/t32-,35+,40-,41+,42+,45+/m0/s1. The molecule has 1 fully saturated rings. The highest BCUT2D eigenvalue weighted by Gasteiger charge is 2.65. The predicted octanol–water partition coefficient (Wildman–Crippen LogP) is 8.84. The molecule has 2 N–H and O–H groups in total. The van der Waals surface area contributed by atoms with Gasteiger partial charge in [0.05, 0.1) is 24.8 Å². The quantitative estimate of drug-likeness (QED) is 0.0585. The first-order chi connectivity index (χ1) is 27.0. The van der Waals surface area contributed by atoms with Crippen LogP contribution in [0.15, 0.2) is 71.9 Å². The summed E-state index contributed by atoms with van der Waals surface area (Å²) in [6.07, 6.45) is 10.0. The number of benzene rings is 2. The summed E-state index contributed by atoms with van der Waals surface area (Å²) in [5.41, 5.74) is 2.91. The molecule has 0 spiro atoms. The molecule has 0 unspecified atom stereocenters. The van der Waals surface area contributed by atoms with E-state index in [0.717, 1.165) is 48.8 Å². The third kappa shape index (κ3) is 9.84. The zero-order valence-corrected chi connectivity index (χ0v) is 33.9. The number of hydrogen-bond acceptors (Lipinski definition) is 10. The van der Waals surface area contributed by atoms with E-state index in [1.165, 1.54) is 0 Å². The molecule has 11 heteroatoms. The highest BCUT2D eigenvalue weighted by molar-refractivity contribution is 6.03. The molecule has 2 aromatic carbocycles. The monoisotopic (exact) mass is 774 g/mol. The van der Waals surface area contributed by atoms with E-state index in [1.807, 2.05) is 58.9 Å². The maximum atomic E-state index is 14.3. The van der Waals surface area contributed by atoms with E-state index < -0.39 is 23.8 Å². The van der Waals surface area contributed by atoms with E-state index in [-0.39, 0.29) is 49.6 Å². The van der Waals surface area contributed by atoms with E-state index >= 15 is 0 Å². The molecular formula is C45H62N2O9. The van der Waals surface area contributed by atoms with Crippen LogP contribution >= 0.6 is 0 Å². The van der Waals surface area contributed by atoms with Crippen molar-refractivity contribution in [2.45, 2.75) is 104 Å². The molecule has 306 valence electrons. The lowest BCUT2D eigenvalue weighted by molar-refractivity contribution is -0.255. The van der Waals surface area contributed by atoms with Crippen LogP contribution in [0.5, 0.6) is 17.2 Å². The number of fused-ring (bicyclic) bond motifs is 2. The molecule has 56 heavy (non-hydrogen) atoms. The molecule has 3 aliphatic rings. The van der Waals surface area contributed by atoms with E-state index in [4.69, 9.17) is 28.9 Å². The molecule has 5 rings (SSSR count). The highest BCUT2D eigenvalue weighted by atomic mass is 16.7. The lowest BCUT2D eigenvalue weighted by Gasteiger charge is -2.60. The van der Waals surface area contributed by atoms with Crippen LogP contribution in [0.1, 0.15) is 108 Å². The van der Waals surface area contributed by atoms with Crippen LogP contribution in [0.25, 0.3) is 0 Å². The van der Waals surface area contributed by atoms with Crippen molar-refractivity contribution in [2.24, 2.45) is 28.3 Å². The van der Waals surface area contributed by atoms with Gasteiger partial charge in [-0.25, -0.2) is 4.79 Å². The highest BCUT2D eigenvalue weighted by Crippen LogP contribution is 2.62. The maximum Gasteiger partial charge on any atom is 0.410 e. The molecule has 6 atom stereocenters. The zero-order valence-electron chi connectivity index (χ0n) is 33.9. The lowest BCUT2D eigenvalue weighted by Crippen LogP contribution is -2.70. The topological polar surface area (TPSA) is 136 Å². The number of amides is 1. The molecule has 0 saturated heterocycles. The number of oxime groups is 1. The van der Waals surface area contributed by atoms with Gasteiger partial charge in [0, 0.05) is 43.2 Å². The summed E-state index contributed by atoms with van der Waals surface area (Å²) in [5.74, 6) is -0.0951. The van der Waals surface area contributed by atoms with Gasteiger partial charge in [-0.15, -0.1) is 6.58 Å². The molecule has 1 saturated carbocycles. The van der Waals surface area contributed by atoms with E-state index in [9.17, 15) is 19.8 Å². The Morgan fingerprint density at radius 1 is 1.05 bits per heavy atom. The van der Waals surface area contributed by atoms with Gasteiger partial charge in [-0.2, -0.15) is 0 Å². The van der Waals surface area contributed by atoms with Crippen molar-refractivity contribution in [3.05, 3.63) is 77.9 Å². The van der Waals surface area contributed by atoms with E-state index in [1.54, 1.807) is 29.2 Å². The molecule has 0 radical (unpaired) electrons. The first-order valence-corrected chi connectivity index (χ1v) is 20.4. The second-order valence-electron chi connectivity index (χ2n) is 16.3. The lowest BCUT2D eigenvalue weighted by atomic mass is 9.55. The Bertz CT molecular complexity index is 1700. The van der Waals surface area contributed by atoms with E-state index in [2.05, 4.69) is 12.7 Å². The van der Waals surface area contributed by atoms with Crippen LogP contribution in [0.2, 0.25) is 0 Å². The average Bonchev–Trinajstić information content (AvgIpc) is 3.18. The second-order valence-corrected chi connectivity index (χ2v) is 16.3. The van der Waals surface area contributed by atoms with Gasteiger partial charge >= 0.3 is 6.09 Å². The molecular weight excluding hydrogens is 712 g/mol. The largest absolute Gasteiger partial charge is 0.459 e. The Morgan fingerprint density at radius 3 is 2.48 bits per heavy atom. The Hall–Kier alpha value is -4.19. The van der Waals surface area contributed by atoms with Crippen LogP contribution in [-0.4, -0.2) is 84.6 Å². The van der Waals surface area contributed by atoms with Gasteiger partial charge in [0.15, 0.2) is 0 Å². The molecule has 2 aliphatic carbocycles. The fraction of sp³-hybridized carbons (Fsp3) is 0.578. The Balaban J connectivity index is 1.76. The van der Waals surface area contributed by atoms with Crippen molar-refractivity contribution >= 4 is 18.1 Å². The molecule has 1 heterocycles. The minimum absolute atomic E-state index is 0.0663. The summed E-state index contributed by atoms with van der Waals surface area (Å²) in [4.78, 5) is 33.5. The third-order valence-corrected chi connectivity index (χ3v) is 10.9. The average molecular weight is 775 g/mol. The minimum Gasteiger partial charge on any atom is -0.459 e. The van der Waals surface area contributed by atoms with Crippen LogP contribution in [0.4, 0.5) is 4.79 Å². The molecule has 0 bridgehead atoms. The number of aldehydes is 1. The van der Waals surface area contributed by atoms with Gasteiger partial charge in [0.25, 0.3) is 0 Å². The third-order valence-electron chi connectivity index (χ3n) is 10.9. The molecule has 0 aromatic heterocycles. The van der Waals surface area contributed by atoms with Gasteiger partial charge in [0.2, 0.25) is 5.79 Å². The molecule has 1 aliphatic heterocycles. The fourth-order valence-corrected chi connectivity index (χ4v) is 8.62. The number of carbonyl (C=O) groups is 2. The predicted molar refractivity (Wildman–Crippen MR) is 216 cm³/mol. The summed E-state index contributed by atoms with van der Waals surface area (Å²) >= 11 is 0. The minimum atomic E-state index is -1.37. The Morgan fingerprint density at radius 2 is 1.80 bits per heavy atom. The number of ether oxygens (including phenoxy) is 4. The smallest absolute Gasteiger partial charge is 0.410 e. The van der Waals surface area contributed by atoms with Crippen LogP contribution in [0.3, 0.4) is 0 Å². The van der Waals surface area contributed by atoms with Crippen LogP contribution in [-0.2, 0) is 14.3 Å². The van der Waals surface area contributed by atoms with Crippen molar-refractivity contribution in [3.63, 3.8) is 0 Å². The van der Waals surface area contributed by atoms with Gasteiger partial charge < -0.3 is 34.0 Å².